The summed E-state index contributed by atoms with van der Waals surface area (Å²) in [6.45, 7) is 3.96. The predicted molar refractivity (Wildman–Crippen MR) is 104 cm³/mol. The second-order valence-electron chi connectivity index (χ2n) is 7.88. The van der Waals surface area contributed by atoms with Gasteiger partial charge in [-0.3, -0.25) is 14.5 Å². The maximum atomic E-state index is 13.4. The van der Waals surface area contributed by atoms with Gasteiger partial charge in [0.25, 0.3) is 5.91 Å². The van der Waals surface area contributed by atoms with Gasteiger partial charge in [0.15, 0.2) is 0 Å². The molecule has 6 heteroatoms. The van der Waals surface area contributed by atoms with Crippen LogP contribution in [0.1, 0.15) is 38.7 Å². The monoisotopic (exact) mass is 382 g/mol. The fourth-order valence-electron chi connectivity index (χ4n) is 4.79. The van der Waals surface area contributed by atoms with Crippen LogP contribution in [-0.2, 0) is 14.3 Å². The van der Waals surface area contributed by atoms with E-state index in [4.69, 9.17) is 4.74 Å². The van der Waals surface area contributed by atoms with Gasteiger partial charge in [0.2, 0.25) is 0 Å². The summed E-state index contributed by atoms with van der Waals surface area (Å²) in [6.07, 6.45) is 7.85. The third kappa shape index (κ3) is 2.97. The first-order valence-electron chi connectivity index (χ1n) is 9.90. The molecule has 2 amide bonds. The molecule has 4 rings (SSSR count). The lowest BCUT2D eigenvalue weighted by Crippen LogP contribution is -2.76. The van der Waals surface area contributed by atoms with E-state index in [0.29, 0.717) is 0 Å². The molecule has 2 N–H and O–H groups in total. The van der Waals surface area contributed by atoms with E-state index in [0.717, 1.165) is 24.8 Å². The van der Waals surface area contributed by atoms with E-state index in [1.54, 1.807) is 6.08 Å². The van der Waals surface area contributed by atoms with Crippen LogP contribution >= 0.6 is 0 Å². The molecule has 2 heterocycles. The summed E-state index contributed by atoms with van der Waals surface area (Å²) < 4.78 is 5.85. The molecule has 3 aliphatic rings. The van der Waals surface area contributed by atoms with Crippen molar-refractivity contribution in [2.24, 2.45) is 11.8 Å². The number of fused-ring (bicyclic) bond motifs is 3. The number of aliphatic hydroxyl groups is 1. The molecule has 1 saturated carbocycles. The van der Waals surface area contributed by atoms with Crippen LogP contribution in [0.3, 0.4) is 0 Å². The lowest BCUT2D eigenvalue weighted by atomic mass is 9.72. The smallest absolute Gasteiger partial charge is 0.337 e. The van der Waals surface area contributed by atoms with E-state index in [2.05, 4.69) is 12.2 Å². The minimum Gasteiger partial charge on any atom is -0.341 e. The maximum absolute atomic E-state index is 13.4. The second-order valence-corrected chi connectivity index (χ2v) is 7.88. The van der Waals surface area contributed by atoms with Crippen LogP contribution in [0, 0.1) is 11.8 Å². The summed E-state index contributed by atoms with van der Waals surface area (Å²) in [7, 11) is 0. The number of hydrogen-bond acceptors (Lipinski definition) is 4. The quantitative estimate of drug-likeness (QED) is 0.608. The summed E-state index contributed by atoms with van der Waals surface area (Å²) in [5.74, 6) is -3.21. The van der Waals surface area contributed by atoms with Crippen molar-refractivity contribution in [1.82, 2.24) is 10.2 Å². The van der Waals surface area contributed by atoms with Crippen LogP contribution in [0.15, 0.2) is 48.2 Å². The van der Waals surface area contributed by atoms with Crippen molar-refractivity contribution >= 4 is 17.9 Å². The first-order chi connectivity index (χ1) is 13.5. The summed E-state index contributed by atoms with van der Waals surface area (Å²) in [5, 5.41) is 13.7. The molecule has 148 valence electrons. The van der Waals surface area contributed by atoms with Crippen LogP contribution in [0.25, 0.3) is 6.08 Å². The highest BCUT2D eigenvalue weighted by Gasteiger charge is 2.62. The molecule has 1 unspecified atom stereocenters. The SMILES string of the molecule is CC=C[C@H]1OC2(O)C(=O)NC(=Cc3ccccc3)C(=O)N2[C@H]2[C@@H]1CCC[C@@H]2C. The molecular weight excluding hydrogens is 356 g/mol. The number of nitrogens with zero attached hydrogens (tertiary/aromatic N) is 1. The number of allylic oxidation sites excluding steroid dienone is 1. The van der Waals surface area contributed by atoms with Gasteiger partial charge in [0.1, 0.15) is 5.70 Å². The maximum Gasteiger partial charge on any atom is 0.337 e. The van der Waals surface area contributed by atoms with Crippen LogP contribution < -0.4 is 5.32 Å². The molecule has 28 heavy (non-hydrogen) atoms. The zero-order valence-corrected chi connectivity index (χ0v) is 16.2. The normalized spacial score (nSPS) is 37.0. The minimum absolute atomic E-state index is 0.0491. The minimum atomic E-state index is -2.29. The van der Waals surface area contributed by atoms with Gasteiger partial charge in [-0.05, 0) is 37.3 Å². The lowest BCUT2D eigenvalue weighted by Gasteiger charge is -2.57. The van der Waals surface area contributed by atoms with E-state index in [1.165, 1.54) is 4.90 Å². The van der Waals surface area contributed by atoms with E-state index in [9.17, 15) is 14.7 Å². The number of carbonyl (C=O) groups excluding carboxylic acids is 2. The molecule has 0 spiro atoms. The Labute approximate surface area is 164 Å². The molecule has 1 aliphatic carbocycles. The average Bonchev–Trinajstić information content (AvgIpc) is 2.68. The molecule has 2 saturated heterocycles. The Kier molecular flexibility index (Phi) is 4.85. The summed E-state index contributed by atoms with van der Waals surface area (Å²) in [5.41, 5.74) is 0.958. The zero-order valence-electron chi connectivity index (χ0n) is 16.2. The van der Waals surface area contributed by atoms with Gasteiger partial charge in [0, 0.05) is 12.0 Å². The van der Waals surface area contributed by atoms with Gasteiger partial charge < -0.3 is 15.2 Å². The molecule has 5 atom stereocenters. The number of hydrogen-bond donors (Lipinski definition) is 2. The number of benzene rings is 1. The van der Waals surface area contributed by atoms with E-state index < -0.39 is 23.8 Å². The molecule has 0 bridgehead atoms. The third-order valence-corrected chi connectivity index (χ3v) is 6.05. The Morgan fingerprint density at radius 1 is 1.25 bits per heavy atom. The molecule has 0 radical (unpaired) electrons. The summed E-state index contributed by atoms with van der Waals surface area (Å²) in [6, 6.07) is 9.07. The average molecular weight is 382 g/mol. The molecule has 6 nitrogen and oxygen atoms in total. The molecule has 2 aliphatic heterocycles. The Balaban J connectivity index is 1.77. The topological polar surface area (TPSA) is 78.9 Å². The van der Waals surface area contributed by atoms with Gasteiger partial charge in [0.05, 0.1) is 6.10 Å². The Bertz CT molecular complexity index is 834. The largest absolute Gasteiger partial charge is 0.341 e. The van der Waals surface area contributed by atoms with Crippen molar-refractivity contribution in [2.75, 3.05) is 0 Å². The number of nitrogens with one attached hydrogen (secondary N) is 1. The number of carbonyl (C=O) groups is 2. The van der Waals surface area contributed by atoms with Gasteiger partial charge in [-0.2, -0.15) is 0 Å². The van der Waals surface area contributed by atoms with Crippen molar-refractivity contribution in [3.63, 3.8) is 0 Å². The fraction of sp³-hybridized carbons (Fsp3) is 0.455. The number of ether oxygens (including phenoxy) is 1. The second kappa shape index (κ2) is 7.18. The Morgan fingerprint density at radius 2 is 2.00 bits per heavy atom. The highest BCUT2D eigenvalue weighted by molar-refractivity contribution is 6.08. The molecule has 0 aromatic heterocycles. The molecule has 1 aromatic carbocycles. The number of rotatable bonds is 2. The van der Waals surface area contributed by atoms with Crippen molar-refractivity contribution in [1.29, 1.82) is 0 Å². The van der Waals surface area contributed by atoms with Crippen molar-refractivity contribution < 1.29 is 19.4 Å². The summed E-state index contributed by atoms with van der Waals surface area (Å²) >= 11 is 0. The zero-order chi connectivity index (χ0) is 19.9. The standard InChI is InChI=1S/C22H26N2O4/c1-3-8-18-16-12-7-9-14(2)19(16)24-20(25)17(13-15-10-5-4-6-11-15)23-21(26)22(24,27)28-18/h3-6,8,10-11,13-14,16,18-19,27H,7,9,12H2,1-2H3,(H,23,26)/t14-,16+,18+,19+,22?/m0/s1. The number of piperazine rings is 1. The number of amides is 2. The van der Waals surface area contributed by atoms with Gasteiger partial charge in [-0.1, -0.05) is 55.8 Å². The van der Waals surface area contributed by atoms with Crippen LogP contribution in [-0.4, -0.2) is 39.9 Å². The Morgan fingerprint density at radius 3 is 2.71 bits per heavy atom. The van der Waals surface area contributed by atoms with Crippen LogP contribution in [0.5, 0.6) is 0 Å². The molecular formula is C22H26N2O4. The lowest BCUT2D eigenvalue weighted by molar-refractivity contribution is -0.330. The third-order valence-electron chi connectivity index (χ3n) is 6.05. The first-order valence-corrected chi connectivity index (χ1v) is 9.90. The van der Waals surface area contributed by atoms with Gasteiger partial charge in [-0.25, -0.2) is 0 Å². The van der Waals surface area contributed by atoms with Gasteiger partial charge >= 0.3 is 11.8 Å². The van der Waals surface area contributed by atoms with Crippen molar-refractivity contribution in [2.45, 2.75) is 51.2 Å². The van der Waals surface area contributed by atoms with E-state index in [1.807, 2.05) is 49.4 Å². The van der Waals surface area contributed by atoms with E-state index >= 15 is 0 Å². The fourth-order valence-corrected chi connectivity index (χ4v) is 4.79. The van der Waals surface area contributed by atoms with Crippen LogP contribution in [0.4, 0.5) is 0 Å². The van der Waals surface area contributed by atoms with Crippen molar-refractivity contribution in [3.8, 4) is 0 Å². The summed E-state index contributed by atoms with van der Waals surface area (Å²) in [4.78, 5) is 27.5. The Hall–Kier alpha value is -2.44. The first kappa shape index (κ1) is 18.9. The van der Waals surface area contributed by atoms with Crippen molar-refractivity contribution in [3.05, 3.63) is 53.7 Å². The highest BCUT2D eigenvalue weighted by atomic mass is 16.7. The molecule has 3 fully saturated rings. The highest BCUT2D eigenvalue weighted by Crippen LogP contribution is 2.45. The van der Waals surface area contributed by atoms with E-state index in [-0.39, 0.29) is 23.6 Å². The van der Waals surface area contributed by atoms with Gasteiger partial charge in [-0.15, -0.1) is 0 Å². The predicted octanol–water partition coefficient (Wildman–Crippen LogP) is 2.41. The molecule has 1 aromatic rings. The van der Waals surface area contributed by atoms with Crippen LogP contribution in [0.2, 0.25) is 0 Å².